The summed E-state index contributed by atoms with van der Waals surface area (Å²) in [4.78, 5) is 24.6. The number of fused-ring (bicyclic) bond motifs is 1. The number of carbonyl (C=O) groups excluding carboxylic acids is 2. The maximum Gasteiger partial charge on any atom is 0.316 e. The van der Waals surface area contributed by atoms with Gasteiger partial charge in [-0.15, -0.1) is 10.2 Å². The lowest BCUT2D eigenvalue weighted by molar-refractivity contribution is -0.137. The van der Waals surface area contributed by atoms with Gasteiger partial charge in [-0.2, -0.15) is 0 Å². The molecule has 1 atom stereocenters. The van der Waals surface area contributed by atoms with E-state index >= 15 is 0 Å². The van der Waals surface area contributed by atoms with Gasteiger partial charge in [-0.05, 0) is 35.2 Å². The molecule has 3 aromatic rings. The van der Waals surface area contributed by atoms with E-state index in [1.54, 1.807) is 30.3 Å². The molecule has 0 unspecified atom stereocenters. The molecule has 0 spiro atoms. The third kappa shape index (κ3) is 6.05. The highest BCUT2D eigenvalue weighted by Gasteiger charge is 2.38. The van der Waals surface area contributed by atoms with Crippen LogP contribution in [0.2, 0.25) is 0 Å². The summed E-state index contributed by atoms with van der Waals surface area (Å²) in [5, 5.41) is 10.7. The Labute approximate surface area is 223 Å². The molecular formula is C24H26N4O6S3. The first-order valence-corrected chi connectivity index (χ1v) is 14.5. The minimum atomic E-state index is -3.99. The van der Waals surface area contributed by atoms with Crippen LogP contribution in [0.15, 0.2) is 57.8 Å². The van der Waals surface area contributed by atoms with Gasteiger partial charge in [0.05, 0.1) is 30.0 Å². The monoisotopic (exact) mass is 562 g/mol. The van der Waals surface area contributed by atoms with E-state index < -0.39 is 28.0 Å². The molecule has 2 aromatic carbocycles. The Morgan fingerprint density at radius 1 is 1.19 bits per heavy atom. The maximum atomic E-state index is 13.7. The fraction of sp³-hybridized carbons (Fsp3) is 0.333. The predicted octanol–water partition coefficient (Wildman–Crippen LogP) is 3.70. The van der Waals surface area contributed by atoms with Gasteiger partial charge in [-0.1, -0.05) is 68.1 Å². The minimum Gasteiger partial charge on any atom is -0.476 e. The lowest BCUT2D eigenvalue weighted by Crippen LogP contribution is -2.49. The Bertz CT molecular complexity index is 1400. The van der Waals surface area contributed by atoms with Gasteiger partial charge in [0.25, 0.3) is 15.9 Å². The molecule has 0 radical (unpaired) electrons. The summed E-state index contributed by atoms with van der Waals surface area (Å²) >= 11 is 2.22. The highest BCUT2D eigenvalue weighted by atomic mass is 32.2. The number of rotatable bonds is 7. The van der Waals surface area contributed by atoms with Crippen molar-refractivity contribution in [2.24, 2.45) is 0 Å². The van der Waals surface area contributed by atoms with Gasteiger partial charge in [-0.3, -0.25) is 19.2 Å². The summed E-state index contributed by atoms with van der Waals surface area (Å²) in [5.41, 5.74) is 1.07. The standard InChI is InChI=1S/C24H26N4O6S3/c1-24(2,3)15-10-11-18-17(12-15)28(37(31,32)16-8-6-5-7-9-16)13-19(34-18)21(30)25-22-26-27-23(36-22)35-14-20(29)33-4/h5-12,19H,13-14H2,1-4H3,(H,25,26,30)/t19-/m0/s1. The molecule has 2 heterocycles. The number of amides is 1. The third-order valence-corrected chi connectivity index (χ3v) is 9.24. The summed E-state index contributed by atoms with van der Waals surface area (Å²) in [5.74, 6) is -0.635. The average Bonchev–Trinajstić information content (AvgIpc) is 3.33. The van der Waals surface area contributed by atoms with Crippen molar-refractivity contribution in [3.8, 4) is 5.75 Å². The number of hydrogen-bond donors (Lipinski definition) is 1. The Balaban J connectivity index is 1.61. The number of esters is 1. The first-order chi connectivity index (χ1) is 17.5. The van der Waals surface area contributed by atoms with Crippen molar-refractivity contribution in [2.45, 2.75) is 41.5 Å². The lowest BCUT2D eigenvalue weighted by atomic mass is 9.86. The van der Waals surface area contributed by atoms with Gasteiger partial charge in [-0.25, -0.2) is 8.42 Å². The zero-order valence-electron chi connectivity index (χ0n) is 20.6. The smallest absolute Gasteiger partial charge is 0.316 e. The van der Waals surface area contributed by atoms with Crippen LogP contribution in [0.5, 0.6) is 5.75 Å². The van der Waals surface area contributed by atoms with Gasteiger partial charge >= 0.3 is 5.97 Å². The second-order valence-electron chi connectivity index (χ2n) is 9.12. The van der Waals surface area contributed by atoms with Gasteiger partial charge in [0.2, 0.25) is 5.13 Å². The molecule has 0 saturated carbocycles. The van der Waals surface area contributed by atoms with E-state index in [4.69, 9.17) is 4.74 Å². The molecule has 1 aromatic heterocycles. The van der Waals surface area contributed by atoms with E-state index in [-0.39, 0.29) is 33.5 Å². The number of aromatic nitrogens is 2. The second kappa shape index (κ2) is 10.7. The van der Waals surface area contributed by atoms with Gasteiger partial charge in [0.15, 0.2) is 10.4 Å². The molecule has 1 N–H and O–H groups in total. The maximum absolute atomic E-state index is 13.7. The number of carbonyl (C=O) groups is 2. The molecule has 1 aliphatic rings. The Morgan fingerprint density at radius 3 is 2.59 bits per heavy atom. The molecule has 10 nitrogen and oxygen atoms in total. The molecule has 0 bridgehead atoms. The molecule has 0 fully saturated rings. The average molecular weight is 563 g/mol. The van der Waals surface area contributed by atoms with Crippen LogP contribution in [-0.4, -0.2) is 56.0 Å². The van der Waals surface area contributed by atoms with Crippen LogP contribution < -0.4 is 14.4 Å². The fourth-order valence-electron chi connectivity index (χ4n) is 3.49. The Hall–Kier alpha value is -3.16. The van der Waals surface area contributed by atoms with Crippen LogP contribution in [0.3, 0.4) is 0 Å². The highest BCUT2D eigenvalue weighted by molar-refractivity contribution is 8.01. The largest absolute Gasteiger partial charge is 0.476 e. The van der Waals surface area contributed by atoms with Crippen LogP contribution in [0, 0.1) is 0 Å². The third-order valence-electron chi connectivity index (χ3n) is 5.50. The van der Waals surface area contributed by atoms with Crippen molar-refractivity contribution in [1.29, 1.82) is 0 Å². The number of nitrogens with zero attached hydrogens (tertiary/aromatic N) is 3. The summed E-state index contributed by atoms with van der Waals surface area (Å²) in [6.07, 6.45) is -1.14. The van der Waals surface area contributed by atoms with Crippen LogP contribution in [0.1, 0.15) is 26.3 Å². The van der Waals surface area contributed by atoms with Crippen LogP contribution >= 0.6 is 23.1 Å². The van der Waals surface area contributed by atoms with Crippen molar-refractivity contribution in [3.63, 3.8) is 0 Å². The molecule has 1 amide bonds. The van der Waals surface area contributed by atoms with E-state index in [1.165, 1.54) is 23.5 Å². The minimum absolute atomic E-state index is 0.0600. The number of ether oxygens (including phenoxy) is 2. The van der Waals surface area contributed by atoms with E-state index in [1.807, 2.05) is 26.8 Å². The summed E-state index contributed by atoms with van der Waals surface area (Å²) in [7, 11) is -2.70. The highest BCUT2D eigenvalue weighted by Crippen LogP contribution is 2.40. The molecule has 0 saturated heterocycles. The second-order valence-corrected chi connectivity index (χ2v) is 13.2. The number of methoxy groups -OCH3 is 1. The zero-order valence-corrected chi connectivity index (χ0v) is 23.1. The van der Waals surface area contributed by atoms with E-state index in [2.05, 4.69) is 20.3 Å². The van der Waals surface area contributed by atoms with E-state index in [0.717, 1.165) is 28.7 Å². The zero-order chi connectivity index (χ0) is 26.8. The molecule has 4 rings (SSSR count). The first kappa shape index (κ1) is 26.9. The number of anilines is 2. The number of nitrogens with one attached hydrogen (secondary N) is 1. The van der Waals surface area contributed by atoms with Gasteiger partial charge in [0.1, 0.15) is 5.75 Å². The Morgan fingerprint density at radius 2 is 1.92 bits per heavy atom. The molecule has 13 heteroatoms. The summed E-state index contributed by atoms with van der Waals surface area (Å²) in [6.45, 7) is 5.87. The Kier molecular flexibility index (Phi) is 7.76. The quantitative estimate of drug-likeness (QED) is 0.260. The summed E-state index contributed by atoms with van der Waals surface area (Å²) in [6, 6.07) is 13.4. The normalized spacial score (nSPS) is 15.5. The molecule has 1 aliphatic heterocycles. The fourth-order valence-corrected chi connectivity index (χ4v) is 6.56. The first-order valence-electron chi connectivity index (χ1n) is 11.2. The van der Waals surface area contributed by atoms with Crippen molar-refractivity contribution >= 4 is 55.8 Å². The van der Waals surface area contributed by atoms with Crippen LogP contribution in [0.25, 0.3) is 0 Å². The van der Waals surface area contributed by atoms with Crippen molar-refractivity contribution in [1.82, 2.24) is 10.2 Å². The van der Waals surface area contributed by atoms with Gasteiger partial charge < -0.3 is 9.47 Å². The molecule has 37 heavy (non-hydrogen) atoms. The number of sulfonamides is 1. The number of hydrogen-bond acceptors (Lipinski definition) is 10. The lowest BCUT2D eigenvalue weighted by Gasteiger charge is -2.35. The number of thioether (sulfide) groups is 1. The molecule has 196 valence electrons. The van der Waals surface area contributed by atoms with E-state index in [0.29, 0.717) is 10.0 Å². The topological polar surface area (TPSA) is 128 Å². The van der Waals surface area contributed by atoms with Crippen LogP contribution in [-0.2, 0) is 29.8 Å². The molecule has 0 aliphatic carbocycles. The SMILES string of the molecule is COC(=O)CSc1nnc(NC(=O)[C@@H]2CN(S(=O)(=O)c3ccccc3)c3cc(C(C)(C)C)ccc3O2)s1. The molecular weight excluding hydrogens is 536 g/mol. The predicted molar refractivity (Wildman–Crippen MR) is 142 cm³/mol. The van der Waals surface area contributed by atoms with Crippen LogP contribution in [0.4, 0.5) is 10.8 Å². The summed E-state index contributed by atoms with van der Waals surface area (Å²) < 4.78 is 39.6. The van der Waals surface area contributed by atoms with E-state index in [9.17, 15) is 18.0 Å². The van der Waals surface area contributed by atoms with Crippen molar-refractivity contribution in [2.75, 3.05) is 29.0 Å². The number of benzene rings is 2. The van der Waals surface area contributed by atoms with Crippen molar-refractivity contribution in [3.05, 3.63) is 54.1 Å². The van der Waals surface area contributed by atoms with Gasteiger partial charge in [0, 0.05) is 0 Å². The van der Waals surface area contributed by atoms with Crippen molar-refractivity contribution < 1.29 is 27.5 Å².